The van der Waals surface area contributed by atoms with E-state index in [4.69, 9.17) is 29.1 Å². The van der Waals surface area contributed by atoms with Crippen LogP contribution in [0.5, 0.6) is 23.0 Å². The van der Waals surface area contributed by atoms with Crippen LogP contribution >= 0.6 is 0 Å². The number of nitrogen functional groups attached to an aromatic ring is 1. The normalized spacial score (nSPS) is 10.8. The third-order valence-electron chi connectivity index (χ3n) is 5.08. The number of aromatic nitrogens is 1. The van der Waals surface area contributed by atoms with Crippen molar-refractivity contribution in [1.82, 2.24) is 4.98 Å². The number of hydrogen-bond acceptors (Lipinski definition) is 7. The van der Waals surface area contributed by atoms with E-state index in [0.29, 0.717) is 46.6 Å². The van der Waals surface area contributed by atoms with Crippen molar-refractivity contribution < 1.29 is 23.4 Å². The average Bonchev–Trinajstić information content (AvgIpc) is 3.20. The zero-order valence-corrected chi connectivity index (χ0v) is 17.9. The largest absolute Gasteiger partial charge is 0.495 e. The third-order valence-corrected chi connectivity index (χ3v) is 5.08. The Kier molecular flexibility index (Phi) is 5.58. The summed E-state index contributed by atoms with van der Waals surface area (Å²) in [6.45, 7) is 0. The Morgan fingerprint density at radius 3 is 2.16 bits per heavy atom. The van der Waals surface area contributed by atoms with E-state index < -0.39 is 0 Å². The highest BCUT2D eigenvalue weighted by atomic mass is 16.5. The van der Waals surface area contributed by atoms with Gasteiger partial charge >= 0.3 is 0 Å². The highest BCUT2D eigenvalue weighted by Gasteiger charge is 2.17. The first-order chi connectivity index (χ1) is 15.1. The average molecular weight is 420 g/mol. The van der Waals surface area contributed by atoms with Crippen molar-refractivity contribution in [2.75, 3.05) is 34.2 Å². The number of benzene rings is 3. The molecule has 0 saturated heterocycles. The molecule has 3 aromatic carbocycles. The van der Waals surface area contributed by atoms with Crippen molar-refractivity contribution in [2.24, 2.45) is 0 Å². The molecular weight excluding hydrogens is 396 g/mol. The number of nitrogens with two attached hydrogens (primary N) is 1. The van der Waals surface area contributed by atoms with Crippen LogP contribution in [0.2, 0.25) is 0 Å². The Bertz CT molecular complexity index is 1210. The van der Waals surface area contributed by atoms with E-state index in [1.165, 1.54) is 0 Å². The van der Waals surface area contributed by atoms with Gasteiger partial charge in [0.05, 0.1) is 34.1 Å². The molecule has 2 N–H and O–H groups in total. The third kappa shape index (κ3) is 3.82. The number of rotatable bonds is 7. The molecule has 31 heavy (non-hydrogen) atoms. The van der Waals surface area contributed by atoms with Gasteiger partial charge in [0.2, 0.25) is 5.75 Å². The molecule has 7 heteroatoms. The van der Waals surface area contributed by atoms with Crippen LogP contribution < -0.4 is 24.7 Å². The molecule has 0 aliphatic carbocycles. The van der Waals surface area contributed by atoms with Gasteiger partial charge in [0.25, 0.3) is 0 Å². The van der Waals surface area contributed by atoms with Crippen molar-refractivity contribution in [3.8, 4) is 34.1 Å². The van der Waals surface area contributed by atoms with Crippen molar-refractivity contribution in [3.05, 3.63) is 60.0 Å². The van der Waals surface area contributed by atoms with Crippen LogP contribution in [0.25, 0.3) is 22.2 Å². The second kappa shape index (κ2) is 8.47. The molecule has 0 atom stereocenters. The fourth-order valence-corrected chi connectivity index (χ4v) is 3.61. The molecule has 0 unspecified atom stereocenters. The number of para-hydroxylation sites is 1. The highest BCUT2D eigenvalue weighted by molar-refractivity contribution is 5.91. The zero-order chi connectivity index (χ0) is 22.0. The topological polar surface area (TPSA) is 89.0 Å². The molecule has 0 amide bonds. The number of ether oxygens (including phenoxy) is 4. The van der Waals surface area contributed by atoms with E-state index in [1.807, 2.05) is 48.5 Å². The summed E-state index contributed by atoms with van der Waals surface area (Å²) in [6.07, 6.45) is 0.468. The van der Waals surface area contributed by atoms with E-state index in [1.54, 1.807) is 28.4 Å². The molecule has 0 fully saturated rings. The maximum absolute atomic E-state index is 6.16. The summed E-state index contributed by atoms with van der Waals surface area (Å²) in [6, 6.07) is 15.3. The lowest BCUT2D eigenvalue weighted by Gasteiger charge is -2.13. The van der Waals surface area contributed by atoms with Crippen molar-refractivity contribution >= 4 is 16.8 Å². The Hall–Kier alpha value is -3.87. The molecule has 0 radical (unpaired) electrons. The van der Waals surface area contributed by atoms with E-state index in [2.05, 4.69) is 4.98 Å². The number of fused-ring (bicyclic) bond motifs is 1. The molecule has 0 saturated carbocycles. The van der Waals surface area contributed by atoms with Gasteiger partial charge in [0, 0.05) is 12.0 Å². The van der Waals surface area contributed by atoms with Gasteiger partial charge in [-0.25, -0.2) is 4.98 Å². The number of methoxy groups -OCH3 is 4. The lowest BCUT2D eigenvalue weighted by Crippen LogP contribution is -1.97. The molecule has 4 aromatic rings. The first-order valence-electron chi connectivity index (χ1n) is 9.69. The molecule has 7 nitrogen and oxygen atoms in total. The van der Waals surface area contributed by atoms with Crippen LogP contribution in [0.4, 0.5) is 5.69 Å². The number of hydrogen-bond donors (Lipinski definition) is 1. The molecule has 0 spiro atoms. The van der Waals surface area contributed by atoms with Crippen molar-refractivity contribution in [1.29, 1.82) is 0 Å². The van der Waals surface area contributed by atoms with E-state index in [0.717, 1.165) is 22.2 Å². The van der Waals surface area contributed by atoms with Crippen LogP contribution in [-0.4, -0.2) is 33.4 Å². The quantitative estimate of drug-likeness (QED) is 0.433. The number of oxazole rings is 1. The second-order valence-electron chi connectivity index (χ2n) is 6.93. The predicted octanol–water partition coefficient (Wildman–Crippen LogP) is 4.70. The minimum absolute atomic E-state index is 0.468. The molecular formula is C24H24N2O5. The second-order valence-corrected chi connectivity index (χ2v) is 6.93. The first kappa shape index (κ1) is 20.4. The molecule has 4 rings (SSSR count). The minimum atomic E-state index is 0.468. The monoisotopic (exact) mass is 420 g/mol. The fraction of sp³-hybridized carbons (Fsp3) is 0.208. The smallest absolute Gasteiger partial charge is 0.203 e. The first-order valence-corrected chi connectivity index (χ1v) is 9.69. The SMILES string of the molecule is COc1ccc(-c2cccc3nc(Cc4cc(OC)c(OC)c(OC)c4)oc23)cc1N. The Morgan fingerprint density at radius 2 is 1.55 bits per heavy atom. The van der Waals surface area contributed by atoms with E-state index >= 15 is 0 Å². The van der Waals surface area contributed by atoms with Gasteiger partial charge in [0.1, 0.15) is 11.3 Å². The summed E-state index contributed by atoms with van der Waals surface area (Å²) < 4.78 is 27.7. The predicted molar refractivity (Wildman–Crippen MR) is 119 cm³/mol. The van der Waals surface area contributed by atoms with Gasteiger partial charge in [-0.15, -0.1) is 0 Å². The lowest BCUT2D eigenvalue weighted by atomic mass is 10.0. The van der Waals surface area contributed by atoms with Crippen LogP contribution in [-0.2, 0) is 6.42 Å². The van der Waals surface area contributed by atoms with Gasteiger partial charge in [0.15, 0.2) is 23.0 Å². The summed E-state index contributed by atoms with van der Waals surface area (Å²) in [5.41, 5.74) is 10.9. The number of anilines is 1. The fourth-order valence-electron chi connectivity index (χ4n) is 3.61. The molecule has 0 aliphatic rings. The summed E-state index contributed by atoms with van der Waals surface area (Å²) in [5.74, 6) is 2.94. The maximum Gasteiger partial charge on any atom is 0.203 e. The van der Waals surface area contributed by atoms with E-state index in [-0.39, 0.29) is 0 Å². The zero-order valence-electron chi connectivity index (χ0n) is 17.9. The summed E-state index contributed by atoms with van der Waals surface area (Å²) in [4.78, 5) is 4.67. The van der Waals surface area contributed by atoms with Gasteiger partial charge in [-0.05, 0) is 41.5 Å². The van der Waals surface area contributed by atoms with Crippen LogP contribution in [0.1, 0.15) is 11.5 Å². The minimum Gasteiger partial charge on any atom is -0.495 e. The molecule has 160 valence electrons. The maximum atomic E-state index is 6.16. The number of nitrogens with zero attached hydrogens (tertiary/aromatic N) is 1. The Balaban J connectivity index is 1.73. The van der Waals surface area contributed by atoms with Crippen LogP contribution in [0, 0.1) is 0 Å². The molecule has 1 heterocycles. The van der Waals surface area contributed by atoms with Gasteiger partial charge < -0.3 is 29.1 Å². The Labute approximate surface area is 180 Å². The van der Waals surface area contributed by atoms with Gasteiger partial charge in [-0.2, -0.15) is 0 Å². The molecule has 0 aliphatic heterocycles. The summed E-state index contributed by atoms with van der Waals surface area (Å²) >= 11 is 0. The highest BCUT2D eigenvalue weighted by Crippen LogP contribution is 2.39. The molecule has 1 aromatic heterocycles. The van der Waals surface area contributed by atoms with Crippen molar-refractivity contribution in [2.45, 2.75) is 6.42 Å². The van der Waals surface area contributed by atoms with Crippen LogP contribution in [0.3, 0.4) is 0 Å². The van der Waals surface area contributed by atoms with Crippen LogP contribution in [0.15, 0.2) is 52.9 Å². The van der Waals surface area contributed by atoms with Gasteiger partial charge in [-0.1, -0.05) is 18.2 Å². The van der Waals surface area contributed by atoms with Crippen molar-refractivity contribution in [3.63, 3.8) is 0 Å². The Morgan fingerprint density at radius 1 is 0.839 bits per heavy atom. The standard InChI is InChI=1S/C24H24N2O5/c1-27-19-9-8-15(13-17(19)25)16-6-5-7-18-23(16)31-22(26-18)12-14-10-20(28-2)24(30-4)21(11-14)29-3/h5-11,13H,12,25H2,1-4H3. The van der Waals surface area contributed by atoms with Gasteiger partial charge in [-0.3, -0.25) is 0 Å². The van der Waals surface area contributed by atoms with E-state index in [9.17, 15) is 0 Å². The summed E-state index contributed by atoms with van der Waals surface area (Å²) in [5, 5.41) is 0. The molecule has 0 bridgehead atoms. The summed E-state index contributed by atoms with van der Waals surface area (Å²) in [7, 11) is 6.35. The lowest BCUT2D eigenvalue weighted by molar-refractivity contribution is 0.324.